The molecule has 0 aliphatic heterocycles. The number of carbonyl (C=O) groups is 1. The van der Waals surface area contributed by atoms with Crippen LogP contribution in [0.1, 0.15) is 71.6 Å². The van der Waals surface area contributed by atoms with Crippen LogP contribution in [0.5, 0.6) is 0 Å². The third-order valence-corrected chi connectivity index (χ3v) is 8.45. The van der Waals surface area contributed by atoms with Crippen LogP contribution < -0.4 is 0 Å². The van der Waals surface area contributed by atoms with Gasteiger partial charge in [-0.15, -0.1) is 6.42 Å². The third kappa shape index (κ3) is 2.57. The fourth-order valence-electron chi connectivity index (χ4n) is 7.45. The molecule has 6 atom stereocenters. The molecule has 0 aromatic heterocycles. The fraction of sp³-hybridized carbons (Fsp3) is 0.739. The molecule has 146 valence electrons. The molecule has 4 rings (SSSR count). The zero-order valence-electron chi connectivity index (χ0n) is 16.5. The summed E-state index contributed by atoms with van der Waals surface area (Å²) >= 11 is 0. The second kappa shape index (κ2) is 6.69. The summed E-state index contributed by atoms with van der Waals surface area (Å²) < 4.78 is 5.90. The van der Waals surface area contributed by atoms with E-state index in [1.54, 1.807) is 0 Å². The summed E-state index contributed by atoms with van der Waals surface area (Å²) in [5.41, 5.74) is 1.53. The van der Waals surface area contributed by atoms with Crippen molar-refractivity contribution in [1.82, 2.24) is 0 Å². The maximum absolute atomic E-state index is 11.9. The number of rotatable bonds is 2. The number of terminal acetylenes is 1. The minimum Gasteiger partial charge on any atom is -0.445 e. The van der Waals surface area contributed by atoms with Gasteiger partial charge >= 0.3 is 5.97 Å². The van der Waals surface area contributed by atoms with Crippen molar-refractivity contribution in [2.75, 3.05) is 0 Å². The van der Waals surface area contributed by atoms with Crippen LogP contribution in [-0.2, 0) is 9.53 Å². The van der Waals surface area contributed by atoms with Gasteiger partial charge in [0.1, 0.15) is 0 Å². The summed E-state index contributed by atoms with van der Waals surface area (Å²) in [4.78, 5) is 11.9. The molecule has 4 aliphatic rings. The second-order valence-corrected chi connectivity index (χ2v) is 9.08. The van der Waals surface area contributed by atoms with E-state index >= 15 is 0 Å². The molecule has 4 nitrogen and oxygen atoms in total. The van der Waals surface area contributed by atoms with Crippen LogP contribution in [0.2, 0.25) is 0 Å². The first kappa shape index (κ1) is 18.6. The van der Waals surface area contributed by atoms with Crippen LogP contribution in [0.4, 0.5) is 0 Å². The molecular weight excluding hydrogens is 338 g/mol. The van der Waals surface area contributed by atoms with Gasteiger partial charge in [-0.25, -0.2) is 0 Å². The monoisotopic (exact) mass is 369 g/mol. The van der Waals surface area contributed by atoms with E-state index in [2.05, 4.69) is 24.1 Å². The smallest absolute Gasteiger partial charge is 0.304 e. The molecule has 27 heavy (non-hydrogen) atoms. The van der Waals surface area contributed by atoms with Gasteiger partial charge in [-0.3, -0.25) is 4.79 Å². The summed E-state index contributed by atoms with van der Waals surface area (Å²) in [6.07, 6.45) is 17.5. The van der Waals surface area contributed by atoms with Crippen LogP contribution in [0, 0.1) is 41.4 Å². The van der Waals surface area contributed by atoms with Crippen molar-refractivity contribution < 1.29 is 14.7 Å². The molecule has 0 amide bonds. The molecule has 4 aliphatic carbocycles. The van der Waals surface area contributed by atoms with Gasteiger partial charge in [0.2, 0.25) is 0 Å². The Morgan fingerprint density at radius 3 is 2.78 bits per heavy atom. The summed E-state index contributed by atoms with van der Waals surface area (Å²) in [7, 11) is 0. The van der Waals surface area contributed by atoms with Crippen LogP contribution in [0.15, 0.2) is 16.8 Å². The molecule has 1 N–H and O–H groups in total. The van der Waals surface area contributed by atoms with Crippen LogP contribution >= 0.6 is 0 Å². The number of hydrogen-bond donors (Lipinski definition) is 1. The summed E-state index contributed by atoms with van der Waals surface area (Å²) in [6.45, 7) is 3.72. The van der Waals surface area contributed by atoms with Crippen molar-refractivity contribution in [3.05, 3.63) is 11.6 Å². The fourth-order valence-corrected chi connectivity index (χ4v) is 7.45. The van der Waals surface area contributed by atoms with Crippen molar-refractivity contribution in [2.24, 2.45) is 34.2 Å². The van der Waals surface area contributed by atoms with Crippen LogP contribution in [0.25, 0.3) is 0 Å². The molecule has 0 heterocycles. The average molecular weight is 370 g/mol. The molecule has 3 fully saturated rings. The van der Waals surface area contributed by atoms with Crippen molar-refractivity contribution in [1.29, 1.82) is 0 Å². The maximum atomic E-state index is 11.9. The van der Waals surface area contributed by atoms with Gasteiger partial charge in [-0.2, -0.15) is 0 Å². The van der Waals surface area contributed by atoms with Gasteiger partial charge in [0.25, 0.3) is 0 Å². The van der Waals surface area contributed by atoms with Gasteiger partial charge in [-0.05, 0) is 87.5 Å². The van der Waals surface area contributed by atoms with E-state index in [-0.39, 0.29) is 11.4 Å². The molecular formula is C23H31NO3. The molecule has 0 aromatic rings. The Labute approximate surface area is 162 Å². The Bertz CT molecular complexity index is 732. The predicted molar refractivity (Wildman–Crippen MR) is 104 cm³/mol. The van der Waals surface area contributed by atoms with E-state index in [1.807, 2.05) is 0 Å². The number of oxime groups is 1. The normalized spacial score (nSPS) is 44.5. The van der Waals surface area contributed by atoms with Crippen molar-refractivity contribution in [3.63, 3.8) is 0 Å². The molecule has 4 heteroatoms. The molecule has 0 aromatic carbocycles. The zero-order valence-corrected chi connectivity index (χ0v) is 16.5. The standard InChI is InChI=1S/C23H31NO3/c1-4-22-12-10-19-18-9-7-17(24-26)14-16(18)6-8-20(19)21(22)11-13-23(22,5-2)27-15(3)25/h2,14,18-21,26H,4,6-13H2,1,3H3/b24-17-. The number of carbonyl (C=O) groups excluding carboxylic acids is 1. The Balaban J connectivity index is 1.66. The number of hydrogen-bond acceptors (Lipinski definition) is 4. The second-order valence-electron chi connectivity index (χ2n) is 9.08. The quantitative estimate of drug-likeness (QED) is 0.332. The number of nitrogens with zero attached hydrogens (tertiary/aromatic N) is 1. The van der Waals surface area contributed by atoms with Crippen LogP contribution in [0.3, 0.4) is 0 Å². The third-order valence-electron chi connectivity index (χ3n) is 8.45. The lowest BCUT2D eigenvalue weighted by atomic mass is 9.49. The highest BCUT2D eigenvalue weighted by Crippen LogP contribution is 2.67. The van der Waals surface area contributed by atoms with Crippen molar-refractivity contribution in [2.45, 2.75) is 77.2 Å². The first-order chi connectivity index (χ1) is 13.0. The highest BCUT2D eigenvalue weighted by molar-refractivity contribution is 5.96. The SMILES string of the molecule is C#CC1(OC(C)=O)CCC2C3CCC4=C/C(=N\O)CCC4C3CCC21CC. The summed E-state index contributed by atoms with van der Waals surface area (Å²) in [6, 6.07) is 0. The number of esters is 1. The topological polar surface area (TPSA) is 58.9 Å². The Hall–Kier alpha value is -1.76. The van der Waals surface area contributed by atoms with Crippen molar-refractivity contribution in [3.8, 4) is 12.3 Å². The van der Waals surface area contributed by atoms with Gasteiger partial charge < -0.3 is 9.94 Å². The Kier molecular flexibility index (Phi) is 4.61. The molecule has 0 bridgehead atoms. The first-order valence-electron chi connectivity index (χ1n) is 10.6. The lowest BCUT2D eigenvalue weighted by Gasteiger charge is -2.56. The van der Waals surface area contributed by atoms with Crippen molar-refractivity contribution >= 4 is 11.7 Å². The highest BCUT2D eigenvalue weighted by atomic mass is 16.6. The van der Waals surface area contributed by atoms with Gasteiger partial charge in [0.05, 0.1) is 5.71 Å². The minimum atomic E-state index is -0.720. The maximum Gasteiger partial charge on any atom is 0.304 e. The van der Waals surface area contributed by atoms with Crippen LogP contribution in [-0.4, -0.2) is 22.5 Å². The van der Waals surface area contributed by atoms with Gasteiger partial charge in [0, 0.05) is 12.3 Å². The summed E-state index contributed by atoms with van der Waals surface area (Å²) in [5.74, 6) is 5.25. The molecule has 0 saturated heterocycles. The predicted octanol–water partition coefficient (Wildman–Crippen LogP) is 4.71. The molecule has 3 saturated carbocycles. The van der Waals surface area contributed by atoms with E-state index < -0.39 is 5.60 Å². The number of allylic oxidation sites excluding steroid dienone is 2. The average Bonchev–Trinajstić information content (AvgIpc) is 3.01. The highest BCUT2D eigenvalue weighted by Gasteiger charge is 2.65. The Morgan fingerprint density at radius 2 is 2.11 bits per heavy atom. The molecule has 0 spiro atoms. The molecule has 6 unspecified atom stereocenters. The first-order valence-corrected chi connectivity index (χ1v) is 10.6. The lowest BCUT2D eigenvalue weighted by Crippen LogP contribution is -2.55. The zero-order chi connectivity index (χ0) is 19.2. The van der Waals surface area contributed by atoms with E-state index in [0.717, 1.165) is 57.1 Å². The van der Waals surface area contributed by atoms with E-state index in [0.29, 0.717) is 23.7 Å². The largest absolute Gasteiger partial charge is 0.445 e. The van der Waals surface area contributed by atoms with Gasteiger partial charge in [0.15, 0.2) is 5.60 Å². The number of ether oxygens (including phenoxy) is 1. The Morgan fingerprint density at radius 1 is 1.30 bits per heavy atom. The number of fused-ring (bicyclic) bond motifs is 5. The van der Waals surface area contributed by atoms with E-state index in [1.165, 1.54) is 18.9 Å². The minimum absolute atomic E-state index is 0.0673. The lowest BCUT2D eigenvalue weighted by molar-refractivity contribution is -0.170. The molecule has 0 radical (unpaired) electrons. The van der Waals surface area contributed by atoms with Gasteiger partial charge in [-0.1, -0.05) is 23.6 Å². The summed E-state index contributed by atoms with van der Waals surface area (Å²) in [5, 5.41) is 12.6. The van der Waals surface area contributed by atoms with E-state index in [4.69, 9.17) is 16.4 Å². The van der Waals surface area contributed by atoms with E-state index in [9.17, 15) is 4.79 Å².